The van der Waals surface area contributed by atoms with Crippen molar-refractivity contribution in [2.24, 2.45) is 0 Å². The van der Waals surface area contributed by atoms with Crippen molar-refractivity contribution in [1.82, 2.24) is 20.1 Å². The zero-order valence-electron chi connectivity index (χ0n) is 11.7. The van der Waals surface area contributed by atoms with Crippen LogP contribution in [0.4, 0.5) is 5.82 Å². The summed E-state index contributed by atoms with van der Waals surface area (Å²) in [5, 5.41) is 7.27. The van der Waals surface area contributed by atoms with Crippen LogP contribution in [0.1, 0.15) is 30.5 Å². The zero-order chi connectivity index (χ0) is 14.2. The summed E-state index contributed by atoms with van der Waals surface area (Å²) in [6.45, 7) is 3.71. The second-order valence-corrected chi connectivity index (χ2v) is 6.19. The van der Waals surface area contributed by atoms with Gasteiger partial charge in [-0.3, -0.25) is 0 Å². The van der Waals surface area contributed by atoms with E-state index in [-0.39, 0.29) is 0 Å². The number of hydrogen-bond acceptors (Lipinski definition) is 7. The van der Waals surface area contributed by atoms with E-state index in [2.05, 4.69) is 36.5 Å². The molecule has 4 rings (SSSR count). The van der Waals surface area contributed by atoms with Gasteiger partial charge >= 0.3 is 0 Å². The largest absolute Gasteiger partial charge is 0.355 e. The first-order valence-corrected chi connectivity index (χ1v) is 7.92. The smallest absolute Gasteiger partial charge is 0.223 e. The van der Waals surface area contributed by atoms with E-state index in [0.717, 1.165) is 47.8 Å². The van der Waals surface area contributed by atoms with Crippen molar-refractivity contribution in [2.75, 3.05) is 18.0 Å². The summed E-state index contributed by atoms with van der Waals surface area (Å²) < 4.78 is 5.11. The third-order valence-electron chi connectivity index (χ3n) is 3.87. The molecule has 0 aliphatic carbocycles. The molecule has 0 bridgehead atoms. The summed E-state index contributed by atoms with van der Waals surface area (Å²) in [7, 11) is 0. The van der Waals surface area contributed by atoms with E-state index in [1.807, 2.05) is 6.92 Å². The first-order valence-electron chi connectivity index (χ1n) is 7.04. The van der Waals surface area contributed by atoms with Crippen molar-refractivity contribution in [3.05, 3.63) is 29.5 Å². The summed E-state index contributed by atoms with van der Waals surface area (Å²) >= 11 is 1.65. The molecule has 6 nitrogen and oxygen atoms in total. The highest BCUT2D eigenvalue weighted by molar-refractivity contribution is 7.16. The van der Waals surface area contributed by atoms with Crippen molar-refractivity contribution < 1.29 is 4.52 Å². The molecule has 0 saturated carbocycles. The number of rotatable bonds is 2. The molecule has 1 aliphatic heterocycles. The van der Waals surface area contributed by atoms with Gasteiger partial charge in [0.25, 0.3) is 0 Å². The van der Waals surface area contributed by atoms with E-state index in [1.165, 1.54) is 0 Å². The number of hydrogen-bond donors (Lipinski definition) is 0. The van der Waals surface area contributed by atoms with Crippen molar-refractivity contribution in [1.29, 1.82) is 0 Å². The maximum atomic E-state index is 5.11. The van der Waals surface area contributed by atoms with E-state index in [1.54, 1.807) is 17.7 Å². The Balaban J connectivity index is 1.65. The Morgan fingerprint density at radius 2 is 2.33 bits per heavy atom. The van der Waals surface area contributed by atoms with E-state index < -0.39 is 0 Å². The summed E-state index contributed by atoms with van der Waals surface area (Å²) in [4.78, 5) is 16.5. The number of piperidine rings is 1. The molecule has 1 aliphatic rings. The third kappa shape index (κ3) is 2.27. The Kier molecular flexibility index (Phi) is 3.07. The van der Waals surface area contributed by atoms with Gasteiger partial charge < -0.3 is 9.42 Å². The molecule has 0 N–H and O–H groups in total. The standard InChI is InChI=1S/C14H15N5OS/c1-9-17-12(18-20-9)10-3-2-5-19(7-10)13-11-4-6-21-14(11)16-8-15-13/h4,6,8,10H,2-3,5,7H2,1H3/t10-/m1/s1. The summed E-state index contributed by atoms with van der Waals surface area (Å²) in [6.07, 6.45) is 3.84. The normalized spacial score (nSPS) is 19.3. The molecule has 0 aromatic carbocycles. The molecule has 0 amide bonds. The molecule has 3 aromatic rings. The predicted octanol–water partition coefficient (Wildman–Crippen LogP) is 2.77. The van der Waals surface area contributed by atoms with Gasteiger partial charge in [0.2, 0.25) is 5.89 Å². The van der Waals surface area contributed by atoms with E-state index in [9.17, 15) is 0 Å². The minimum Gasteiger partial charge on any atom is -0.355 e. The lowest BCUT2D eigenvalue weighted by atomic mass is 9.97. The molecule has 21 heavy (non-hydrogen) atoms. The van der Waals surface area contributed by atoms with Crippen molar-refractivity contribution in [3.63, 3.8) is 0 Å². The quantitative estimate of drug-likeness (QED) is 0.725. The molecule has 1 fully saturated rings. The van der Waals surface area contributed by atoms with Gasteiger partial charge in [-0.15, -0.1) is 11.3 Å². The van der Waals surface area contributed by atoms with Crippen LogP contribution in [-0.4, -0.2) is 33.2 Å². The summed E-state index contributed by atoms with van der Waals surface area (Å²) in [5.74, 6) is 2.77. The topological polar surface area (TPSA) is 67.9 Å². The van der Waals surface area contributed by atoms with Crippen LogP contribution >= 0.6 is 11.3 Å². The molecule has 4 heterocycles. The molecule has 1 saturated heterocycles. The van der Waals surface area contributed by atoms with Crippen molar-refractivity contribution in [3.8, 4) is 0 Å². The highest BCUT2D eigenvalue weighted by atomic mass is 32.1. The average molecular weight is 301 g/mol. The Bertz CT molecular complexity index is 767. The number of nitrogens with zero attached hydrogens (tertiary/aromatic N) is 5. The monoisotopic (exact) mass is 301 g/mol. The molecule has 108 valence electrons. The third-order valence-corrected chi connectivity index (χ3v) is 4.69. The number of fused-ring (bicyclic) bond motifs is 1. The number of aryl methyl sites for hydroxylation is 1. The summed E-state index contributed by atoms with van der Waals surface area (Å²) in [6, 6.07) is 2.09. The van der Waals surface area contributed by atoms with Gasteiger partial charge in [0.1, 0.15) is 17.0 Å². The fourth-order valence-corrected chi connectivity index (χ4v) is 3.62. The molecule has 7 heteroatoms. The van der Waals surface area contributed by atoms with Crippen LogP contribution in [0.25, 0.3) is 10.2 Å². The van der Waals surface area contributed by atoms with Gasteiger partial charge in [-0.25, -0.2) is 9.97 Å². The first kappa shape index (κ1) is 12.7. The van der Waals surface area contributed by atoms with Gasteiger partial charge in [0.15, 0.2) is 5.82 Å². The predicted molar refractivity (Wildman–Crippen MR) is 80.6 cm³/mol. The molecule has 0 radical (unpaired) electrons. The lowest BCUT2D eigenvalue weighted by Crippen LogP contribution is -2.35. The molecule has 0 unspecified atom stereocenters. The number of thiophene rings is 1. The maximum Gasteiger partial charge on any atom is 0.223 e. The Morgan fingerprint density at radius 3 is 3.19 bits per heavy atom. The fourth-order valence-electron chi connectivity index (χ4n) is 2.89. The van der Waals surface area contributed by atoms with Gasteiger partial charge in [0.05, 0.1) is 5.39 Å². The molecule has 1 atom stereocenters. The second-order valence-electron chi connectivity index (χ2n) is 5.29. The van der Waals surface area contributed by atoms with Gasteiger partial charge in [0, 0.05) is 25.9 Å². The lowest BCUT2D eigenvalue weighted by molar-refractivity contribution is 0.377. The Hall–Kier alpha value is -2.02. The van der Waals surface area contributed by atoms with E-state index >= 15 is 0 Å². The number of aromatic nitrogens is 4. The van der Waals surface area contributed by atoms with Crippen LogP contribution in [0.3, 0.4) is 0 Å². The van der Waals surface area contributed by atoms with Crippen LogP contribution in [0.5, 0.6) is 0 Å². The summed E-state index contributed by atoms with van der Waals surface area (Å²) in [5.41, 5.74) is 0. The van der Waals surface area contributed by atoms with Crippen LogP contribution in [-0.2, 0) is 0 Å². The fraction of sp³-hybridized carbons (Fsp3) is 0.429. The Morgan fingerprint density at radius 1 is 1.38 bits per heavy atom. The molecule has 3 aromatic heterocycles. The SMILES string of the molecule is Cc1nc([C@@H]2CCCN(c3ncnc4sccc34)C2)no1. The van der Waals surface area contributed by atoms with E-state index in [4.69, 9.17) is 4.52 Å². The minimum absolute atomic E-state index is 0.305. The minimum atomic E-state index is 0.305. The van der Waals surface area contributed by atoms with Crippen LogP contribution < -0.4 is 4.90 Å². The molecular weight excluding hydrogens is 286 g/mol. The molecule has 0 spiro atoms. The average Bonchev–Trinajstić information content (AvgIpc) is 3.15. The highest BCUT2D eigenvalue weighted by Crippen LogP contribution is 2.32. The zero-order valence-corrected chi connectivity index (χ0v) is 12.5. The lowest BCUT2D eigenvalue weighted by Gasteiger charge is -2.32. The Labute approximate surface area is 125 Å². The van der Waals surface area contributed by atoms with Crippen LogP contribution in [0.2, 0.25) is 0 Å². The highest BCUT2D eigenvalue weighted by Gasteiger charge is 2.26. The maximum absolute atomic E-state index is 5.11. The first-order chi connectivity index (χ1) is 10.3. The molecular formula is C14H15N5OS. The second kappa shape index (κ2) is 5.07. The van der Waals surface area contributed by atoms with Crippen LogP contribution in [0.15, 0.2) is 22.3 Å². The number of anilines is 1. The van der Waals surface area contributed by atoms with Gasteiger partial charge in [-0.2, -0.15) is 4.98 Å². The van der Waals surface area contributed by atoms with Gasteiger partial charge in [-0.05, 0) is 24.3 Å². The van der Waals surface area contributed by atoms with E-state index in [0.29, 0.717) is 11.8 Å². The van der Waals surface area contributed by atoms with Crippen LogP contribution in [0, 0.1) is 6.92 Å². The van der Waals surface area contributed by atoms with Crippen molar-refractivity contribution in [2.45, 2.75) is 25.7 Å². The van der Waals surface area contributed by atoms with Crippen molar-refractivity contribution >= 4 is 27.4 Å². The van der Waals surface area contributed by atoms with Gasteiger partial charge in [-0.1, -0.05) is 5.16 Å².